The van der Waals surface area contributed by atoms with E-state index in [1.54, 1.807) is 12.3 Å². The van der Waals surface area contributed by atoms with Crippen molar-refractivity contribution in [3.63, 3.8) is 0 Å². The van der Waals surface area contributed by atoms with Gasteiger partial charge in [0.05, 0.1) is 12.5 Å². The van der Waals surface area contributed by atoms with Gasteiger partial charge in [-0.2, -0.15) is 0 Å². The summed E-state index contributed by atoms with van der Waals surface area (Å²) in [6.07, 6.45) is 1.38. The van der Waals surface area contributed by atoms with Gasteiger partial charge in [-0.3, -0.25) is 4.79 Å². The second-order valence-electron chi connectivity index (χ2n) is 4.82. The molecule has 3 N–H and O–H groups in total. The number of aromatic nitrogens is 2. The van der Waals surface area contributed by atoms with E-state index in [0.717, 1.165) is 5.69 Å². The summed E-state index contributed by atoms with van der Waals surface area (Å²) in [6, 6.07) is 6.72. The molecule has 1 aromatic carbocycles. The smallest absolute Gasteiger partial charge is 0.305 e. The molecule has 0 unspecified atom stereocenters. The maximum absolute atomic E-state index is 13.0. The van der Waals surface area contributed by atoms with E-state index < -0.39 is 17.8 Å². The Kier molecular flexibility index (Phi) is 5.53. The molecule has 1 atom stereocenters. The Morgan fingerprint density at radius 3 is 2.65 bits per heavy atom. The van der Waals surface area contributed by atoms with Crippen molar-refractivity contribution in [2.45, 2.75) is 19.4 Å². The highest BCUT2D eigenvalue weighted by atomic mass is 32.1. The number of anilines is 1. The summed E-state index contributed by atoms with van der Waals surface area (Å²) in [5.41, 5.74) is 1.38. The van der Waals surface area contributed by atoms with Crippen LogP contribution in [0, 0.1) is 12.7 Å². The fourth-order valence-electron chi connectivity index (χ4n) is 1.93. The van der Waals surface area contributed by atoms with E-state index in [0.29, 0.717) is 11.5 Å². The molecule has 2 aromatic rings. The number of carbonyl (C=O) groups is 1. The molecule has 120 valence electrons. The predicted molar refractivity (Wildman–Crippen MR) is 87.5 cm³/mol. The van der Waals surface area contributed by atoms with Gasteiger partial charge in [-0.05, 0) is 42.9 Å². The zero-order chi connectivity index (χ0) is 16.8. The third-order valence-electron chi connectivity index (χ3n) is 2.98. The summed E-state index contributed by atoms with van der Waals surface area (Å²) in [6.45, 7) is 1.81. The molecule has 0 aliphatic carbocycles. The minimum Gasteiger partial charge on any atom is -0.481 e. The second-order valence-corrected chi connectivity index (χ2v) is 5.23. The molecule has 0 amide bonds. The molecular weight excluding hydrogens is 319 g/mol. The SMILES string of the molecule is Cc1ccnc(NC(=S)N[C@@H](CC(=O)O)c2ccc(F)cc2)n1. The molecule has 1 heterocycles. The van der Waals surface area contributed by atoms with Crippen molar-refractivity contribution in [1.82, 2.24) is 15.3 Å². The summed E-state index contributed by atoms with van der Waals surface area (Å²) < 4.78 is 13.0. The average molecular weight is 334 g/mol. The number of thiocarbonyl (C=S) groups is 1. The third-order valence-corrected chi connectivity index (χ3v) is 3.20. The maximum atomic E-state index is 13.0. The number of nitrogens with zero attached hydrogens (tertiary/aromatic N) is 2. The molecule has 8 heteroatoms. The van der Waals surface area contributed by atoms with Crippen LogP contribution in [0.4, 0.5) is 10.3 Å². The van der Waals surface area contributed by atoms with Crippen LogP contribution in [-0.2, 0) is 4.79 Å². The number of hydrogen-bond donors (Lipinski definition) is 3. The zero-order valence-electron chi connectivity index (χ0n) is 12.3. The van der Waals surface area contributed by atoms with Gasteiger partial charge in [0.15, 0.2) is 5.11 Å². The summed E-state index contributed by atoms with van der Waals surface area (Å²) in [5, 5.41) is 14.9. The van der Waals surface area contributed by atoms with Gasteiger partial charge in [0.1, 0.15) is 5.82 Å². The molecule has 23 heavy (non-hydrogen) atoms. The number of nitrogens with one attached hydrogen (secondary N) is 2. The van der Waals surface area contributed by atoms with Gasteiger partial charge in [0.25, 0.3) is 0 Å². The van der Waals surface area contributed by atoms with Crippen LogP contribution < -0.4 is 10.6 Å². The molecule has 0 aliphatic rings. The van der Waals surface area contributed by atoms with Crippen molar-refractivity contribution < 1.29 is 14.3 Å². The Labute approximate surface area is 137 Å². The Balaban J connectivity index is 2.09. The van der Waals surface area contributed by atoms with Crippen LogP contribution >= 0.6 is 12.2 Å². The third kappa shape index (κ3) is 5.26. The number of rotatable bonds is 5. The number of hydrogen-bond acceptors (Lipinski definition) is 4. The predicted octanol–water partition coefficient (Wildman–Crippen LogP) is 2.43. The molecule has 0 radical (unpaired) electrons. The fourth-order valence-corrected chi connectivity index (χ4v) is 2.16. The van der Waals surface area contributed by atoms with Gasteiger partial charge in [-0.15, -0.1) is 0 Å². The topological polar surface area (TPSA) is 87.1 Å². The average Bonchev–Trinajstić information content (AvgIpc) is 2.46. The molecular formula is C15H15FN4O2S. The van der Waals surface area contributed by atoms with Crippen LogP contribution in [0.2, 0.25) is 0 Å². The quantitative estimate of drug-likeness (QED) is 0.724. The van der Waals surface area contributed by atoms with Crippen molar-refractivity contribution in [3.05, 3.63) is 53.6 Å². The fraction of sp³-hybridized carbons (Fsp3) is 0.200. The number of aliphatic carboxylic acids is 1. The van der Waals surface area contributed by atoms with Gasteiger partial charge in [-0.25, -0.2) is 14.4 Å². The molecule has 0 saturated heterocycles. The second kappa shape index (κ2) is 7.59. The van der Waals surface area contributed by atoms with E-state index in [2.05, 4.69) is 20.6 Å². The van der Waals surface area contributed by atoms with Gasteiger partial charge >= 0.3 is 5.97 Å². The van der Waals surface area contributed by atoms with Crippen molar-refractivity contribution in [2.24, 2.45) is 0 Å². The van der Waals surface area contributed by atoms with Crippen molar-refractivity contribution in [1.29, 1.82) is 0 Å². The van der Waals surface area contributed by atoms with E-state index in [1.165, 1.54) is 24.3 Å². The number of benzene rings is 1. The van der Waals surface area contributed by atoms with E-state index in [9.17, 15) is 9.18 Å². The van der Waals surface area contributed by atoms with E-state index in [1.807, 2.05) is 6.92 Å². The van der Waals surface area contributed by atoms with Crippen LogP contribution in [-0.4, -0.2) is 26.2 Å². The number of carboxylic acid groups (broad SMARTS) is 1. The first-order valence-corrected chi connectivity index (χ1v) is 7.19. The van der Waals surface area contributed by atoms with Crippen LogP contribution in [0.25, 0.3) is 0 Å². The Hall–Kier alpha value is -2.61. The highest BCUT2D eigenvalue weighted by molar-refractivity contribution is 7.80. The van der Waals surface area contributed by atoms with Gasteiger partial charge in [0, 0.05) is 11.9 Å². The lowest BCUT2D eigenvalue weighted by Crippen LogP contribution is -2.34. The molecule has 1 aromatic heterocycles. The number of aryl methyl sites for hydroxylation is 1. The highest BCUT2D eigenvalue weighted by Gasteiger charge is 2.17. The Morgan fingerprint density at radius 1 is 1.35 bits per heavy atom. The van der Waals surface area contributed by atoms with E-state index in [4.69, 9.17) is 17.3 Å². The Bertz CT molecular complexity index is 709. The zero-order valence-corrected chi connectivity index (χ0v) is 13.1. The lowest BCUT2D eigenvalue weighted by Gasteiger charge is -2.19. The maximum Gasteiger partial charge on any atom is 0.305 e. The van der Waals surface area contributed by atoms with Crippen molar-refractivity contribution in [3.8, 4) is 0 Å². The molecule has 0 fully saturated rings. The summed E-state index contributed by atoms with van der Waals surface area (Å²) in [4.78, 5) is 19.2. The molecule has 2 rings (SSSR count). The first-order valence-electron chi connectivity index (χ1n) is 6.78. The largest absolute Gasteiger partial charge is 0.481 e. The Morgan fingerprint density at radius 2 is 2.04 bits per heavy atom. The van der Waals surface area contributed by atoms with Crippen LogP contribution in [0.5, 0.6) is 0 Å². The van der Waals surface area contributed by atoms with Crippen molar-refractivity contribution in [2.75, 3.05) is 5.32 Å². The number of carboxylic acids is 1. The highest BCUT2D eigenvalue weighted by Crippen LogP contribution is 2.17. The molecule has 0 saturated carbocycles. The lowest BCUT2D eigenvalue weighted by molar-refractivity contribution is -0.137. The van der Waals surface area contributed by atoms with Crippen LogP contribution in [0.3, 0.4) is 0 Å². The normalized spacial score (nSPS) is 11.6. The summed E-state index contributed by atoms with van der Waals surface area (Å²) >= 11 is 5.16. The minimum absolute atomic E-state index is 0.186. The first-order chi connectivity index (χ1) is 10.9. The van der Waals surface area contributed by atoms with E-state index in [-0.39, 0.29) is 11.5 Å². The lowest BCUT2D eigenvalue weighted by atomic mass is 10.0. The van der Waals surface area contributed by atoms with E-state index >= 15 is 0 Å². The van der Waals surface area contributed by atoms with Gasteiger partial charge in [-0.1, -0.05) is 12.1 Å². The summed E-state index contributed by atoms with van der Waals surface area (Å²) in [5.74, 6) is -1.08. The molecule has 0 bridgehead atoms. The molecule has 0 spiro atoms. The first kappa shape index (κ1) is 16.8. The van der Waals surface area contributed by atoms with Crippen LogP contribution in [0.1, 0.15) is 23.7 Å². The molecule has 6 nitrogen and oxygen atoms in total. The van der Waals surface area contributed by atoms with Gasteiger partial charge < -0.3 is 15.7 Å². The van der Waals surface area contributed by atoms with Gasteiger partial charge in [0.2, 0.25) is 5.95 Å². The van der Waals surface area contributed by atoms with Crippen LogP contribution in [0.15, 0.2) is 36.5 Å². The minimum atomic E-state index is -0.999. The molecule has 0 aliphatic heterocycles. The van der Waals surface area contributed by atoms with Crippen molar-refractivity contribution >= 4 is 29.2 Å². The standard InChI is InChI=1S/C15H15FN4O2S/c1-9-6-7-17-14(18-9)20-15(23)19-12(8-13(21)22)10-2-4-11(16)5-3-10/h2-7,12H,8H2,1H3,(H,21,22)(H2,17,18,19,20,23)/t12-/m0/s1. The summed E-state index contributed by atoms with van der Waals surface area (Å²) in [7, 11) is 0. The monoisotopic (exact) mass is 334 g/mol. The number of halogens is 1.